The number of hydrogen-bond donors (Lipinski definition) is 1. The summed E-state index contributed by atoms with van der Waals surface area (Å²) in [5.74, 6) is -0.644. The average molecular weight is 357 g/mol. The largest absolute Gasteiger partial charge is 0.485 e. The number of ketones is 1. The second kappa shape index (κ2) is 9.68. The summed E-state index contributed by atoms with van der Waals surface area (Å²) in [6, 6.07) is 10.5. The number of nitrogens with zero attached hydrogens (tertiary/aromatic N) is 1. The minimum Gasteiger partial charge on any atom is -0.485 e. The van der Waals surface area contributed by atoms with Gasteiger partial charge in [0.1, 0.15) is 11.4 Å². The number of benzene rings is 1. The number of aryl methyl sites for hydroxylation is 1. The first-order valence-electron chi connectivity index (χ1n) is 8.57. The minimum atomic E-state index is -0.987. The summed E-state index contributed by atoms with van der Waals surface area (Å²) in [6.07, 6.45) is 1.97. The number of rotatable bonds is 10. The zero-order valence-electron chi connectivity index (χ0n) is 15.0. The first-order valence-corrected chi connectivity index (χ1v) is 8.57. The van der Waals surface area contributed by atoms with E-state index in [0.717, 1.165) is 17.5 Å². The summed E-state index contributed by atoms with van der Waals surface area (Å²) >= 11 is 0. The van der Waals surface area contributed by atoms with Crippen LogP contribution in [-0.2, 0) is 22.4 Å². The van der Waals surface area contributed by atoms with E-state index < -0.39 is 12.1 Å². The molecule has 0 amide bonds. The number of pyridine rings is 1. The van der Waals surface area contributed by atoms with E-state index >= 15 is 0 Å². The summed E-state index contributed by atoms with van der Waals surface area (Å²) in [4.78, 5) is 27.4. The van der Waals surface area contributed by atoms with Crippen molar-refractivity contribution in [2.24, 2.45) is 0 Å². The second-order valence-corrected chi connectivity index (χ2v) is 5.75. The zero-order chi connectivity index (χ0) is 18.9. The number of carbonyl (C=O) groups excluding carboxylic acids is 1. The molecule has 1 heterocycles. The van der Waals surface area contributed by atoms with Gasteiger partial charge in [0.15, 0.2) is 12.7 Å². The van der Waals surface area contributed by atoms with E-state index in [4.69, 9.17) is 14.6 Å². The third-order valence-corrected chi connectivity index (χ3v) is 3.88. The monoisotopic (exact) mass is 357 g/mol. The standard InChI is InChI=1S/C20H23NO5/c1-3-14-7-10-17(21-12-14)18(22)13-26-16-8-5-15(6-9-16)11-19(20(23)24)25-4-2/h5-10,12,19H,3-4,11,13H2,1-2H3,(H,23,24)/t19-/m0/s1. The van der Waals surface area contributed by atoms with Crippen molar-refractivity contribution in [2.45, 2.75) is 32.8 Å². The molecule has 0 aliphatic heterocycles. The number of carbonyl (C=O) groups is 2. The summed E-state index contributed by atoms with van der Waals surface area (Å²) in [5, 5.41) is 9.11. The molecule has 1 aromatic carbocycles. The lowest BCUT2D eigenvalue weighted by molar-refractivity contribution is -0.149. The fourth-order valence-electron chi connectivity index (χ4n) is 2.38. The molecule has 0 aliphatic carbocycles. The van der Waals surface area contributed by atoms with Crippen molar-refractivity contribution in [2.75, 3.05) is 13.2 Å². The molecule has 0 spiro atoms. The maximum absolute atomic E-state index is 12.1. The molecule has 0 aliphatic rings. The Bertz CT molecular complexity index is 725. The molecule has 0 bridgehead atoms. The number of aromatic nitrogens is 1. The predicted octanol–water partition coefficient (Wildman–Crippen LogP) is 2.94. The van der Waals surface area contributed by atoms with Crippen molar-refractivity contribution in [3.8, 4) is 5.75 Å². The molecule has 2 aromatic rings. The molecule has 0 saturated carbocycles. The molecule has 26 heavy (non-hydrogen) atoms. The topological polar surface area (TPSA) is 85.7 Å². The normalized spacial score (nSPS) is 11.8. The van der Waals surface area contributed by atoms with Gasteiger partial charge in [-0.25, -0.2) is 4.79 Å². The lowest BCUT2D eigenvalue weighted by atomic mass is 10.1. The lowest BCUT2D eigenvalue weighted by Crippen LogP contribution is -2.26. The van der Waals surface area contributed by atoms with Crippen molar-refractivity contribution in [1.82, 2.24) is 4.98 Å². The highest BCUT2D eigenvalue weighted by Crippen LogP contribution is 2.15. The summed E-state index contributed by atoms with van der Waals surface area (Å²) in [5.41, 5.74) is 2.27. The Labute approximate surface area is 152 Å². The van der Waals surface area contributed by atoms with Gasteiger partial charge in [0.25, 0.3) is 0 Å². The highest BCUT2D eigenvalue weighted by molar-refractivity contribution is 5.95. The van der Waals surface area contributed by atoms with Gasteiger partial charge in [-0.3, -0.25) is 9.78 Å². The molecule has 0 fully saturated rings. The maximum atomic E-state index is 12.1. The predicted molar refractivity (Wildman–Crippen MR) is 96.6 cm³/mol. The van der Waals surface area contributed by atoms with Crippen LogP contribution in [0.25, 0.3) is 0 Å². The molecule has 0 radical (unpaired) electrons. The Morgan fingerprint density at radius 3 is 2.31 bits per heavy atom. The number of Topliss-reactive ketones (excluding diaryl/α,β-unsaturated/α-hetero) is 1. The molecule has 6 nitrogen and oxygen atoms in total. The molecule has 2 rings (SSSR count). The first kappa shape index (κ1) is 19.6. The van der Waals surface area contributed by atoms with Crippen LogP contribution in [0.5, 0.6) is 5.75 Å². The summed E-state index contributed by atoms with van der Waals surface area (Å²) in [7, 11) is 0. The number of hydrogen-bond acceptors (Lipinski definition) is 5. The van der Waals surface area contributed by atoms with Crippen LogP contribution in [0.1, 0.15) is 35.5 Å². The van der Waals surface area contributed by atoms with Gasteiger partial charge >= 0.3 is 5.97 Å². The van der Waals surface area contributed by atoms with Gasteiger partial charge in [0.05, 0.1) is 0 Å². The Morgan fingerprint density at radius 2 is 1.77 bits per heavy atom. The lowest BCUT2D eigenvalue weighted by Gasteiger charge is -2.12. The summed E-state index contributed by atoms with van der Waals surface area (Å²) in [6.45, 7) is 4.02. The van der Waals surface area contributed by atoms with Crippen LogP contribution in [0.15, 0.2) is 42.6 Å². The van der Waals surface area contributed by atoms with E-state index in [1.165, 1.54) is 0 Å². The third kappa shape index (κ3) is 5.67. The van der Waals surface area contributed by atoms with Crippen LogP contribution >= 0.6 is 0 Å². The van der Waals surface area contributed by atoms with E-state index in [9.17, 15) is 9.59 Å². The van der Waals surface area contributed by atoms with Gasteiger partial charge in [0, 0.05) is 19.2 Å². The maximum Gasteiger partial charge on any atom is 0.333 e. The second-order valence-electron chi connectivity index (χ2n) is 5.75. The van der Waals surface area contributed by atoms with Gasteiger partial charge in [-0.05, 0) is 42.7 Å². The number of carboxylic acids is 1. The SMILES string of the molecule is CCO[C@@H](Cc1ccc(OCC(=O)c2ccc(CC)cn2)cc1)C(=O)O. The van der Waals surface area contributed by atoms with E-state index in [2.05, 4.69) is 4.98 Å². The van der Waals surface area contributed by atoms with Crippen molar-refractivity contribution >= 4 is 11.8 Å². The highest BCUT2D eigenvalue weighted by atomic mass is 16.5. The van der Waals surface area contributed by atoms with Gasteiger partial charge in [-0.1, -0.05) is 25.1 Å². The smallest absolute Gasteiger partial charge is 0.333 e. The molecule has 1 aromatic heterocycles. The fraction of sp³-hybridized carbons (Fsp3) is 0.350. The minimum absolute atomic E-state index is 0.103. The van der Waals surface area contributed by atoms with E-state index in [-0.39, 0.29) is 18.8 Å². The van der Waals surface area contributed by atoms with Crippen molar-refractivity contribution in [3.05, 3.63) is 59.4 Å². The molecule has 1 N–H and O–H groups in total. The van der Waals surface area contributed by atoms with Crippen molar-refractivity contribution in [3.63, 3.8) is 0 Å². The van der Waals surface area contributed by atoms with E-state index in [1.54, 1.807) is 43.5 Å². The van der Waals surface area contributed by atoms with Crippen LogP contribution in [0, 0.1) is 0 Å². The van der Waals surface area contributed by atoms with Crippen LogP contribution < -0.4 is 4.74 Å². The quantitative estimate of drug-likeness (QED) is 0.658. The molecule has 6 heteroatoms. The molecule has 0 unspecified atom stereocenters. The van der Waals surface area contributed by atoms with Gasteiger partial charge < -0.3 is 14.6 Å². The Kier molecular flexibility index (Phi) is 7.29. The number of aliphatic carboxylic acids is 1. The number of ether oxygens (including phenoxy) is 2. The molecule has 1 atom stereocenters. The van der Waals surface area contributed by atoms with E-state index in [0.29, 0.717) is 18.1 Å². The first-order chi connectivity index (χ1) is 12.5. The summed E-state index contributed by atoms with van der Waals surface area (Å²) < 4.78 is 10.7. The number of carboxylic acid groups (broad SMARTS) is 1. The molecule has 138 valence electrons. The molecular formula is C20H23NO5. The molecular weight excluding hydrogens is 334 g/mol. The zero-order valence-corrected chi connectivity index (χ0v) is 15.0. The van der Waals surface area contributed by atoms with Crippen LogP contribution in [0.2, 0.25) is 0 Å². The van der Waals surface area contributed by atoms with Gasteiger partial charge in [0.2, 0.25) is 5.78 Å². The van der Waals surface area contributed by atoms with Gasteiger partial charge in [-0.2, -0.15) is 0 Å². The Hall–Kier alpha value is -2.73. The van der Waals surface area contributed by atoms with Crippen molar-refractivity contribution in [1.29, 1.82) is 0 Å². The van der Waals surface area contributed by atoms with Crippen molar-refractivity contribution < 1.29 is 24.2 Å². The van der Waals surface area contributed by atoms with Crippen LogP contribution in [-0.4, -0.2) is 41.2 Å². The highest BCUT2D eigenvalue weighted by Gasteiger charge is 2.18. The Morgan fingerprint density at radius 1 is 1.08 bits per heavy atom. The molecule has 0 saturated heterocycles. The van der Waals surface area contributed by atoms with E-state index in [1.807, 2.05) is 13.0 Å². The van der Waals surface area contributed by atoms with Crippen LogP contribution in [0.3, 0.4) is 0 Å². The Balaban J connectivity index is 1.90. The fourth-order valence-corrected chi connectivity index (χ4v) is 2.38. The van der Waals surface area contributed by atoms with Gasteiger partial charge in [-0.15, -0.1) is 0 Å². The average Bonchev–Trinajstić information content (AvgIpc) is 2.66. The van der Waals surface area contributed by atoms with Crippen LogP contribution in [0.4, 0.5) is 0 Å². The third-order valence-electron chi connectivity index (χ3n) is 3.88.